The summed E-state index contributed by atoms with van der Waals surface area (Å²) in [5, 5.41) is 4.17. The lowest BCUT2D eigenvalue weighted by atomic mass is 10.2. The van der Waals surface area contributed by atoms with Crippen LogP contribution in [0.5, 0.6) is 11.5 Å². The van der Waals surface area contributed by atoms with Gasteiger partial charge in [0.05, 0.1) is 19.9 Å². The zero-order chi connectivity index (χ0) is 17.6. The highest BCUT2D eigenvalue weighted by molar-refractivity contribution is 5.93. The van der Waals surface area contributed by atoms with E-state index in [1.54, 1.807) is 29.1 Å². The average molecular weight is 338 g/mol. The van der Waals surface area contributed by atoms with Crippen molar-refractivity contribution in [1.29, 1.82) is 0 Å². The molecule has 2 aromatic carbocycles. The number of ether oxygens (including phenoxy) is 3. The van der Waals surface area contributed by atoms with Gasteiger partial charge in [-0.15, -0.1) is 0 Å². The molecule has 0 atom stereocenters. The van der Waals surface area contributed by atoms with Gasteiger partial charge in [0.15, 0.2) is 11.5 Å². The van der Waals surface area contributed by atoms with Crippen molar-refractivity contribution in [1.82, 2.24) is 9.78 Å². The molecule has 0 unspecified atom stereocenters. The van der Waals surface area contributed by atoms with E-state index in [4.69, 9.17) is 14.2 Å². The zero-order valence-corrected chi connectivity index (χ0v) is 14.0. The first-order valence-corrected chi connectivity index (χ1v) is 7.70. The minimum Gasteiger partial charge on any atom is -0.493 e. The van der Waals surface area contributed by atoms with Gasteiger partial charge in [0.1, 0.15) is 12.2 Å². The van der Waals surface area contributed by atoms with Gasteiger partial charge >= 0.3 is 5.97 Å². The minimum atomic E-state index is -0.466. The molecule has 3 rings (SSSR count). The predicted octanol–water partition coefficient (Wildman–Crippen LogP) is 3.25. The molecule has 128 valence electrons. The third kappa shape index (κ3) is 3.63. The number of methoxy groups -OCH3 is 2. The summed E-state index contributed by atoms with van der Waals surface area (Å²) in [6, 6.07) is 14.6. The number of carbonyl (C=O) groups is 1. The Hall–Kier alpha value is -3.28. The van der Waals surface area contributed by atoms with Crippen LogP contribution in [0.4, 0.5) is 0 Å². The fraction of sp³-hybridized carbons (Fsp3) is 0.158. The number of esters is 1. The summed E-state index contributed by atoms with van der Waals surface area (Å²) in [5.41, 5.74) is 2.15. The van der Waals surface area contributed by atoms with Gasteiger partial charge in [0.2, 0.25) is 0 Å². The number of benzene rings is 2. The Morgan fingerprint density at radius 1 is 1.04 bits per heavy atom. The lowest BCUT2D eigenvalue weighted by Gasteiger charge is -2.12. The van der Waals surface area contributed by atoms with Gasteiger partial charge in [-0.05, 0) is 35.9 Å². The first-order valence-electron chi connectivity index (χ1n) is 7.70. The maximum Gasteiger partial charge on any atom is 0.342 e. The first-order chi connectivity index (χ1) is 12.2. The molecular weight excluding hydrogens is 320 g/mol. The van der Waals surface area contributed by atoms with Crippen molar-refractivity contribution in [3.8, 4) is 17.2 Å². The molecule has 0 saturated heterocycles. The van der Waals surface area contributed by atoms with E-state index in [-0.39, 0.29) is 6.61 Å². The second kappa shape index (κ2) is 7.53. The summed E-state index contributed by atoms with van der Waals surface area (Å²) >= 11 is 0. The summed E-state index contributed by atoms with van der Waals surface area (Å²) in [6.07, 6.45) is 3.58. The average Bonchev–Trinajstić information content (AvgIpc) is 3.20. The Kier molecular flexibility index (Phi) is 4.99. The lowest BCUT2D eigenvalue weighted by molar-refractivity contribution is 0.0468. The van der Waals surface area contributed by atoms with Crippen LogP contribution >= 0.6 is 0 Å². The topological polar surface area (TPSA) is 62.6 Å². The number of nitrogens with zero attached hydrogens (tertiary/aromatic N) is 2. The third-order valence-corrected chi connectivity index (χ3v) is 3.70. The molecule has 0 bridgehead atoms. The Bertz CT molecular complexity index is 842. The molecule has 0 spiro atoms. The van der Waals surface area contributed by atoms with Crippen LogP contribution in [0, 0.1) is 0 Å². The second-order valence-electron chi connectivity index (χ2n) is 5.23. The van der Waals surface area contributed by atoms with E-state index in [0.29, 0.717) is 17.1 Å². The largest absolute Gasteiger partial charge is 0.493 e. The monoisotopic (exact) mass is 338 g/mol. The number of hydrogen-bond acceptors (Lipinski definition) is 5. The van der Waals surface area contributed by atoms with Crippen molar-refractivity contribution in [2.45, 2.75) is 6.61 Å². The second-order valence-corrected chi connectivity index (χ2v) is 5.23. The molecule has 1 aromatic heterocycles. The zero-order valence-electron chi connectivity index (χ0n) is 14.0. The summed E-state index contributed by atoms with van der Waals surface area (Å²) in [5.74, 6) is 0.386. The Morgan fingerprint density at radius 2 is 1.84 bits per heavy atom. The lowest BCUT2D eigenvalue weighted by Crippen LogP contribution is -2.08. The number of rotatable bonds is 6. The highest BCUT2D eigenvalue weighted by Gasteiger charge is 2.17. The first kappa shape index (κ1) is 16.6. The van der Waals surface area contributed by atoms with Crippen molar-refractivity contribution in [3.63, 3.8) is 0 Å². The maximum atomic E-state index is 12.3. The van der Waals surface area contributed by atoms with Crippen molar-refractivity contribution in [3.05, 3.63) is 72.1 Å². The van der Waals surface area contributed by atoms with Crippen molar-refractivity contribution in [2.75, 3.05) is 14.2 Å². The molecule has 0 aliphatic carbocycles. The van der Waals surface area contributed by atoms with E-state index in [1.807, 2.05) is 36.5 Å². The Balaban J connectivity index is 1.68. The summed E-state index contributed by atoms with van der Waals surface area (Å²) in [6.45, 7) is 0.165. The van der Waals surface area contributed by atoms with Crippen molar-refractivity contribution >= 4 is 5.97 Å². The number of para-hydroxylation sites is 1. The van der Waals surface area contributed by atoms with Crippen LogP contribution in [-0.4, -0.2) is 30.0 Å². The molecule has 6 nitrogen and oxygen atoms in total. The highest BCUT2D eigenvalue weighted by Crippen LogP contribution is 2.31. The van der Waals surface area contributed by atoms with Crippen molar-refractivity contribution in [2.24, 2.45) is 0 Å². The van der Waals surface area contributed by atoms with Gasteiger partial charge in [0.25, 0.3) is 0 Å². The van der Waals surface area contributed by atoms with Crippen LogP contribution < -0.4 is 9.47 Å². The van der Waals surface area contributed by atoms with Crippen LogP contribution in [-0.2, 0) is 11.3 Å². The molecular formula is C19H18N2O4. The van der Waals surface area contributed by atoms with E-state index in [1.165, 1.54) is 14.2 Å². The molecule has 0 saturated carbocycles. The van der Waals surface area contributed by atoms with Gasteiger partial charge in [-0.25, -0.2) is 9.48 Å². The quantitative estimate of drug-likeness (QED) is 0.646. The fourth-order valence-corrected chi connectivity index (χ4v) is 2.44. The molecule has 0 radical (unpaired) electrons. The van der Waals surface area contributed by atoms with Crippen LogP contribution in [0.1, 0.15) is 15.9 Å². The summed E-state index contributed by atoms with van der Waals surface area (Å²) < 4.78 is 17.6. The number of hydrogen-bond donors (Lipinski definition) is 0. The van der Waals surface area contributed by atoms with E-state index in [0.717, 1.165) is 11.3 Å². The molecule has 1 heterocycles. The molecule has 0 N–H and O–H groups in total. The van der Waals surface area contributed by atoms with E-state index in [9.17, 15) is 4.79 Å². The van der Waals surface area contributed by atoms with Crippen LogP contribution in [0.25, 0.3) is 5.69 Å². The van der Waals surface area contributed by atoms with Crippen molar-refractivity contribution < 1.29 is 19.0 Å². The summed E-state index contributed by atoms with van der Waals surface area (Å²) in [4.78, 5) is 12.3. The molecule has 0 fully saturated rings. The molecule has 6 heteroatoms. The predicted molar refractivity (Wildman–Crippen MR) is 92.2 cm³/mol. The van der Waals surface area contributed by atoms with E-state index in [2.05, 4.69) is 5.10 Å². The summed E-state index contributed by atoms with van der Waals surface area (Å²) in [7, 11) is 3.01. The normalized spacial score (nSPS) is 10.3. The van der Waals surface area contributed by atoms with Gasteiger partial charge in [-0.1, -0.05) is 18.2 Å². The highest BCUT2D eigenvalue weighted by atomic mass is 16.5. The Labute approximate surface area is 145 Å². The molecule has 25 heavy (non-hydrogen) atoms. The SMILES string of the molecule is COc1cccc(C(=O)OCc2ccc(-n3cccn3)cc2)c1OC. The van der Waals surface area contributed by atoms with Crippen LogP contribution in [0.2, 0.25) is 0 Å². The standard InChI is InChI=1S/C19H18N2O4/c1-23-17-6-3-5-16(18(17)24-2)19(22)25-13-14-7-9-15(10-8-14)21-12-4-11-20-21/h3-12H,13H2,1-2H3. The third-order valence-electron chi connectivity index (χ3n) is 3.70. The van der Waals surface area contributed by atoms with E-state index < -0.39 is 5.97 Å². The van der Waals surface area contributed by atoms with Gasteiger partial charge in [-0.3, -0.25) is 0 Å². The van der Waals surface area contributed by atoms with Gasteiger partial charge in [0, 0.05) is 12.4 Å². The van der Waals surface area contributed by atoms with Gasteiger partial charge < -0.3 is 14.2 Å². The number of carbonyl (C=O) groups excluding carboxylic acids is 1. The van der Waals surface area contributed by atoms with E-state index >= 15 is 0 Å². The molecule has 0 amide bonds. The molecule has 0 aliphatic rings. The maximum absolute atomic E-state index is 12.3. The van der Waals surface area contributed by atoms with Crippen LogP contribution in [0.3, 0.4) is 0 Å². The van der Waals surface area contributed by atoms with Gasteiger partial charge in [-0.2, -0.15) is 5.10 Å². The fourth-order valence-electron chi connectivity index (χ4n) is 2.44. The number of aromatic nitrogens is 2. The minimum absolute atomic E-state index is 0.165. The Morgan fingerprint density at radius 3 is 2.48 bits per heavy atom. The van der Waals surface area contributed by atoms with Crippen LogP contribution in [0.15, 0.2) is 60.9 Å². The smallest absolute Gasteiger partial charge is 0.342 e. The molecule has 3 aromatic rings. The molecule has 0 aliphatic heterocycles.